The van der Waals surface area contributed by atoms with E-state index < -0.39 is 35.4 Å². The van der Waals surface area contributed by atoms with E-state index in [0.29, 0.717) is 38.8 Å². The molecule has 2 aliphatic carbocycles. The van der Waals surface area contributed by atoms with Crippen molar-refractivity contribution >= 4 is 29.5 Å². The Morgan fingerprint density at radius 1 is 0.684 bits per heavy atom. The topological polar surface area (TPSA) is 175 Å². The van der Waals surface area contributed by atoms with Crippen LogP contribution in [0.15, 0.2) is 48.5 Å². The van der Waals surface area contributed by atoms with E-state index in [1.165, 1.54) is 24.3 Å². The molecule has 2 fully saturated rings. The first-order valence-corrected chi connectivity index (χ1v) is 20.3. The Morgan fingerprint density at radius 3 is 1.51 bits per heavy atom. The summed E-state index contributed by atoms with van der Waals surface area (Å²) in [4.78, 5) is 61.8. The number of rotatable bonds is 21. The fraction of sp³-hybridized carbons (Fsp3) is 0.605. The summed E-state index contributed by atoms with van der Waals surface area (Å²) >= 11 is 0. The number of unbranched alkanes of at least 4 members (excludes halogenated alkanes) is 2. The number of nitrogens with one attached hydrogen (secondary N) is 3. The van der Waals surface area contributed by atoms with E-state index in [2.05, 4.69) is 16.0 Å². The average molecular weight is 801 g/mol. The number of hydrogen-bond acceptors (Lipinski definition) is 9. The molecule has 2 aromatic carbocycles. The van der Waals surface area contributed by atoms with Crippen LogP contribution in [0.25, 0.3) is 0 Å². The highest BCUT2D eigenvalue weighted by Gasteiger charge is 2.29. The lowest BCUT2D eigenvalue weighted by Crippen LogP contribution is -2.45. The van der Waals surface area contributed by atoms with Crippen molar-refractivity contribution in [3.63, 3.8) is 0 Å². The Hall–Kier alpha value is -4.59. The van der Waals surface area contributed by atoms with Gasteiger partial charge in [-0.1, -0.05) is 49.9 Å². The molecule has 0 unspecified atom stereocenters. The standard InChI is InChI=1S/C24H35FN2O5.C19H27FN2O3/c1-24(2,3)32-23(30)26-15-9-8-13-19(27-22(29)17-10-4-5-11-17)20(28)16-31-21-14-7-6-12-18(21)25;20-15-9-3-4-11-18(15)25-13-17(23)16(10-5-6-12-21)22-19(24)14-7-1-2-8-14/h6-7,12,14,17,19H,4-5,8-11,13,15-16H2,1-3H3,(H,26,30)(H,27,29);3-4,9,11,14,16H,1-2,5-8,10,12-13,21H2,(H,22,24)/t19-;16-/m00/s1. The molecule has 3 amide bonds. The number of hydrogen-bond donors (Lipinski definition) is 4. The van der Waals surface area contributed by atoms with Crippen LogP contribution in [0.1, 0.15) is 111 Å². The van der Waals surface area contributed by atoms with E-state index >= 15 is 0 Å². The van der Waals surface area contributed by atoms with Crippen LogP contribution < -0.4 is 31.2 Å². The number of nitrogens with two attached hydrogens (primary N) is 1. The number of ketones is 2. The maximum Gasteiger partial charge on any atom is 0.407 e. The van der Waals surface area contributed by atoms with Gasteiger partial charge in [-0.15, -0.1) is 0 Å². The zero-order chi connectivity index (χ0) is 41.6. The predicted molar refractivity (Wildman–Crippen MR) is 213 cm³/mol. The second kappa shape index (κ2) is 24.9. The Labute approximate surface area is 335 Å². The van der Waals surface area contributed by atoms with Crippen molar-refractivity contribution in [3.05, 3.63) is 60.2 Å². The molecule has 316 valence electrons. The van der Waals surface area contributed by atoms with Crippen LogP contribution in [-0.4, -0.2) is 73.5 Å². The molecular weight excluding hydrogens is 738 g/mol. The lowest BCUT2D eigenvalue weighted by Gasteiger charge is -2.21. The van der Waals surface area contributed by atoms with E-state index in [9.17, 15) is 32.8 Å². The monoisotopic (exact) mass is 800 g/mol. The summed E-state index contributed by atoms with van der Waals surface area (Å²) in [5, 5.41) is 8.41. The number of para-hydroxylation sites is 2. The van der Waals surface area contributed by atoms with Gasteiger partial charge >= 0.3 is 6.09 Å². The quantitative estimate of drug-likeness (QED) is 0.1000. The highest BCUT2D eigenvalue weighted by molar-refractivity contribution is 5.91. The van der Waals surface area contributed by atoms with Gasteiger partial charge in [0.05, 0.1) is 12.1 Å². The third-order valence-electron chi connectivity index (χ3n) is 9.81. The summed E-state index contributed by atoms with van der Waals surface area (Å²) < 4.78 is 43.2. The minimum absolute atomic E-state index is 0.00250. The molecule has 12 nitrogen and oxygen atoms in total. The van der Waals surface area contributed by atoms with Crippen molar-refractivity contribution in [1.29, 1.82) is 0 Å². The smallest absolute Gasteiger partial charge is 0.407 e. The maximum atomic E-state index is 13.8. The number of alkyl carbamates (subject to hydrolysis) is 1. The lowest BCUT2D eigenvalue weighted by molar-refractivity contribution is -0.131. The van der Waals surface area contributed by atoms with Gasteiger partial charge in [0.15, 0.2) is 34.7 Å². The fourth-order valence-electron chi connectivity index (χ4n) is 6.68. The minimum atomic E-state index is -0.712. The molecule has 0 aromatic heterocycles. The minimum Gasteiger partial charge on any atom is -0.483 e. The molecule has 14 heteroatoms. The zero-order valence-corrected chi connectivity index (χ0v) is 33.8. The van der Waals surface area contributed by atoms with E-state index in [4.69, 9.17) is 19.9 Å². The van der Waals surface area contributed by atoms with Crippen LogP contribution in [0.3, 0.4) is 0 Å². The summed E-state index contributed by atoms with van der Waals surface area (Å²) in [6.07, 6.45) is 10.8. The van der Waals surface area contributed by atoms with Gasteiger partial charge in [-0.25, -0.2) is 13.6 Å². The lowest BCUT2D eigenvalue weighted by atomic mass is 10.0. The largest absolute Gasteiger partial charge is 0.483 e. The van der Waals surface area contributed by atoms with Gasteiger partial charge in [-0.2, -0.15) is 0 Å². The number of ether oxygens (including phenoxy) is 3. The number of carbonyl (C=O) groups is 5. The molecule has 0 spiro atoms. The first kappa shape index (κ1) is 46.8. The molecule has 2 aromatic rings. The number of amides is 3. The van der Waals surface area contributed by atoms with Crippen molar-refractivity contribution in [1.82, 2.24) is 16.0 Å². The van der Waals surface area contributed by atoms with Crippen molar-refractivity contribution in [2.75, 3.05) is 26.3 Å². The number of carbonyl (C=O) groups excluding carboxylic acids is 5. The van der Waals surface area contributed by atoms with Crippen LogP contribution in [-0.2, 0) is 23.9 Å². The molecule has 4 rings (SSSR count). The van der Waals surface area contributed by atoms with Gasteiger partial charge in [0.25, 0.3) is 0 Å². The summed E-state index contributed by atoms with van der Waals surface area (Å²) in [5.41, 5.74) is 4.94. The Balaban J connectivity index is 0.000000315. The summed E-state index contributed by atoms with van der Waals surface area (Å²) in [6.45, 7) is 5.73. The second-order valence-electron chi connectivity index (χ2n) is 15.7. The zero-order valence-electron chi connectivity index (χ0n) is 33.8. The highest BCUT2D eigenvalue weighted by atomic mass is 19.1. The third kappa shape index (κ3) is 18.0. The van der Waals surface area contributed by atoms with E-state index in [1.54, 1.807) is 45.0 Å². The van der Waals surface area contributed by atoms with E-state index in [1.807, 2.05) is 0 Å². The Morgan fingerprint density at radius 2 is 1.11 bits per heavy atom. The van der Waals surface area contributed by atoms with Crippen LogP contribution in [0.2, 0.25) is 0 Å². The van der Waals surface area contributed by atoms with Gasteiger partial charge in [0.1, 0.15) is 18.8 Å². The molecule has 2 saturated carbocycles. The molecule has 5 N–H and O–H groups in total. The Kier molecular flexibility index (Phi) is 20.5. The normalized spacial score (nSPS) is 15.4. The SMILES string of the molecule is CC(C)(C)OC(=O)NCCCC[C@H](NC(=O)C1CCCC1)C(=O)COc1ccccc1F.NCCCC[C@H](NC(=O)C1CCCC1)C(=O)COc1ccccc1F. The molecule has 57 heavy (non-hydrogen) atoms. The number of halogens is 2. The van der Waals surface area contributed by atoms with Crippen molar-refractivity contribution in [3.8, 4) is 11.5 Å². The molecule has 0 radical (unpaired) electrons. The van der Waals surface area contributed by atoms with Crippen LogP contribution in [0, 0.1) is 23.5 Å². The number of Topliss-reactive ketones (excluding diaryl/α,β-unsaturated/α-hetero) is 2. The van der Waals surface area contributed by atoms with Gasteiger partial charge < -0.3 is 35.9 Å². The summed E-state index contributed by atoms with van der Waals surface area (Å²) in [5.74, 6) is -1.80. The second-order valence-corrected chi connectivity index (χ2v) is 15.7. The van der Waals surface area contributed by atoms with Gasteiger partial charge in [-0.3, -0.25) is 19.2 Å². The first-order chi connectivity index (χ1) is 27.3. The molecule has 0 heterocycles. The molecule has 2 aliphatic rings. The van der Waals surface area contributed by atoms with Gasteiger partial charge in [-0.05, 0) is 116 Å². The van der Waals surface area contributed by atoms with Crippen molar-refractivity contribution < 1.29 is 47.0 Å². The van der Waals surface area contributed by atoms with Gasteiger partial charge in [0.2, 0.25) is 11.8 Å². The van der Waals surface area contributed by atoms with Crippen LogP contribution in [0.4, 0.5) is 13.6 Å². The van der Waals surface area contributed by atoms with Gasteiger partial charge in [0, 0.05) is 18.4 Å². The molecule has 0 aliphatic heterocycles. The molecule has 0 bridgehead atoms. The van der Waals surface area contributed by atoms with Crippen molar-refractivity contribution in [2.24, 2.45) is 17.6 Å². The average Bonchev–Trinajstić information content (AvgIpc) is 3.92. The molecule has 2 atom stereocenters. The fourth-order valence-corrected chi connectivity index (χ4v) is 6.68. The van der Waals surface area contributed by atoms with Crippen LogP contribution >= 0.6 is 0 Å². The first-order valence-electron chi connectivity index (χ1n) is 20.3. The molecule has 0 saturated heterocycles. The molecular formula is C43H62F2N4O8. The number of benzene rings is 2. The van der Waals surface area contributed by atoms with Crippen LogP contribution in [0.5, 0.6) is 11.5 Å². The summed E-state index contributed by atoms with van der Waals surface area (Å²) in [6, 6.07) is 10.5. The predicted octanol–water partition coefficient (Wildman–Crippen LogP) is 6.72. The van der Waals surface area contributed by atoms with E-state index in [0.717, 1.165) is 64.2 Å². The summed E-state index contributed by atoms with van der Waals surface area (Å²) in [7, 11) is 0. The Bertz CT molecular complexity index is 1570. The van der Waals surface area contributed by atoms with E-state index in [-0.39, 0.29) is 59.9 Å². The maximum absolute atomic E-state index is 13.8. The van der Waals surface area contributed by atoms with Crippen molar-refractivity contribution in [2.45, 2.75) is 128 Å². The highest BCUT2D eigenvalue weighted by Crippen LogP contribution is 2.26. The third-order valence-corrected chi connectivity index (χ3v) is 9.81.